The molecular formula is C10H22Cl2O3V. The zero-order valence-corrected chi connectivity index (χ0v) is 13.0. The van der Waals surface area contributed by atoms with Crippen LogP contribution in [0.5, 0.6) is 0 Å². The second-order valence-corrected chi connectivity index (χ2v) is 4.72. The van der Waals surface area contributed by atoms with E-state index in [2.05, 4.69) is 41.4 Å². The molecule has 16 heavy (non-hydrogen) atoms. The summed E-state index contributed by atoms with van der Waals surface area (Å²) in [6.45, 7) is 6.19. The van der Waals surface area contributed by atoms with E-state index in [4.69, 9.17) is 7.32 Å². The maximum Gasteiger partial charge on any atom is 0.0832 e. The molecule has 0 saturated carbocycles. The van der Waals surface area contributed by atoms with Crippen molar-refractivity contribution >= 4 is 23.7 Å². The first kappa shape index (κ1) is 19.4. The molecule has 0 rings (SSSR count). The summed E-state index contributed by atoms with van der Waals surface area (Å²) in [6, 6.07) is 0. The van der Waals surface area contributed by atoms with Crippen LogP contribution in [0.25, 0.3) is 0 Å². The molecule has 0 saturated heterocycles. The van der Waals surface area contributed by atoms with Gasteiger partial charge < -0.3 is 0 Å². The molecule has 0 amide bonds. The van der Waals surface area contributed by atoms with Crippen LogP contribution in [-0.2, 0) is 28.2 Å². The molecule has 99 valence electrons. The molecule has 0 aliphatic rings. The van der Waals surface area contributed by atoms with Crippen molar-refractivity contribution in [3.63, 3.8) is 0 Å². The van der Waals surface area contributed by atoms with Crippen molar-refractivity contribution in [2.75, 3.05) is 13.2 Å². The van der Waals surface area contributed by atoms with E-state index < -0.39 is 0 Å². The van der Waals surface area contributed by atoms with Crippen LogP contribution >= 0.6 is 23.7 Å². The number of unbranched alkanes of at least 4 members (excludes halogenated alkanes) is 4. The van der Waals surface area contributed by atoms with Gasteiger partial charge in [-0.15, -0.1) is 0 Å². The fourth-order valence-electron chi connectivity index (χ4n) is 0.945. The van der Waals surface area contributed by atoms with Crippen LogP contribution < -0.4 is 0 Å². The van der Waals surface area contributed by atoms with Crippen LogP contribution in [0.3, 0.4) is 0 Å². The number of rotatable bonds is 10. The Bertz CT molecular complexity index is 100. The van der Waals surface area contributed by atoms with E-state index in [1.165, 1.54) is 38.5 Å². The minimum Gasteiger partial charge on any atom is -0.166 e. The normalized spacial score (nSPS) is 9.50. The van der Waals surface area contributed by atoms with Crippen molar-refractivity contribution in [3.05, 3.63) is 0 Å². The fourth-order valence-corrected chi connectivity index (χ4v) is 1.70. The number of hydrogen-bond donors (Lipinski definition) is 0. The molecule has 0 fully saturated rings. The van der Waals surface area contributed by atoms with E-state index in [1.54, 1.807) is 0 Å². The van der Waals surface area contributed by atoms with E-state index in [-0.39, 0.29) is 17.0 Å². The van der Waals surface area contributed by atoms with Gasteiger partial charge in [-0.25, -0.2) is 0 Å². The molecule has 0 unspecified atom stereocenters. The number of halogens is 2. The molecule has 0 aromatic rings. The van der Waals surface area contributed by atoms with E-state index >= 15 is 0 Å². The van der Waals surface area contributed by atoms with Gasteiger partial charge in [0.25, 0.3) is 0 Å². The molecule has 0 aromatic carbocycles. The third kappa shape index (κ3) is 24.3. The molecule has 3 nitrogen and oxygen atoms in total. The van der Waals surface area contributed by atoms with Gasteiger partial charge in [0, 0.05) is 0 Å². The van der Waals surface area contributed by atoms with Gasteiger partial charge in [-0.2, -0.15) is 3.84 Å². The third-order valence-electron chi connectivity index (χ3n) is 1.78. The minimum absolute atomic E-state index is 0.279. The Morgan fingerprint density at radius 2 is 1.19 bits per heavy atom. The standard InChI is InChI=1S/2C5H11O.Cl2O.V/c2*1-2-3-4-5-6;1-3-2;/h2*2-5H2,1H3;;/q2*-1;;+2. The second-order valence-electron chi connectivity index (χ2n) is 3.21. The van der Waals surface area contributed by atoms with Crippen LogP contribution in [-0.4, -0.2) is 13.2 Å². The molecule has 0 bridgehead atoms. The van der Waals surface area contributed by atoms with E-state index in [0.29, 0.717) is 0 Å². The third-order valence-corrected chi connectivity index (χ3v) is 2.68. The van der Waals surface area contributed by atoms with Crippen molar-refractivity contribution < 1.29 is 28.2 Å². The first-order valence-electron chi connectivity index (χ1n) is 5.67. The average Bonchev–Trinajstić information content (AvgIpc) is 2.28. The van der Waals surface area contributed by atoms with E-state index in [9.17, 15) is 0 Å². The Kier molecular flexibility index (Phi) is 25.9. The Labute approximate surface area is 117 Å². The van der Waals surface area contributed by atoms with Crippen molar-refractivity contribution in [2.24, 2.45) is 0 Å². The van der Waals surface area contributed by atoms with Gasteiger partial charge in [0.1, 0.15) is 0 Å². The summed E-state index contributed by atoms with van der Waals surface area (Å²) < 4.78 is 14.0. The Balaban J connectivity index is 0. The van der Waals surface area contributed by atoms with Crippen LogP contribution in [0, 0.1) is 0 Å². The molecule has 0 aliphatic heterocycles. The Morgan fingerprint density at radius 1 is 0.812 bits per heavy atom. The fraction of sp³-hybridized carbons (Fsp3) is 1.00. The smallest absolute Gasteiger partial charge is 0.0832 e. The second kappa shape index (κ2) is 21.3. The summed E-state index contributed by atoms with van der Waals surface area (Å²) in [5.41, 5.74) is 0. The predicted molar refractivity (Wildman–Crippen MR) is 63.7 cm³/mol. The van der Waals surface area contributed by atoms with Crippen LogP contribution in [0.1, 0.15) is 52.4 Å². The first-order valence-corrected chi connectivity index (χ1v) is 7.42. The summed E-state index contributed by atoms with van der Waals surface area (Å²) in [7, 11) is 0. The topological polar surface area (TPSA) is 27.7 Å². The van der Waals surface area contributed by atoms with Gasteiger partial charge in [-0.1, -0.05) is 0 Å². The largest absolute Gasteiger partial charge is 0.166 e. The minimum atomic E-state index is -0.279. The predicted octanol–water partition coefficient (Wildman–Crippen LogP) is 4.62. The van der Waals surface area contributed by atoms with Crippen molar-refractivity contribution in [3.8, 4) is 0 Å². The number of hydrogen-bond acceptors (Lipinski definition) is 3. The zero-order chi connectivity index (χ0) is 12.5. The summed E-state index contributed by atoms with van der Waals surface area (Å²) in [5.74, 6) is 0. The SMILES string of the molecule is CCCCC[O][V][O]CCCCC.ClOCl. The van der Waals surface area contributed by atoms with Crippen molar-refractivity contribution in [2.45, 2.75) is 52.4 Å². The van der Waals surface area contributed by atoms with Gasteiger partial charge in [-0.05, 0) is 0 Å². The molecule has 0 atom stereocenters. The maximum absolute atomic E-state index is 5.39. The Morgan fingerprint density at radius 3 is 1.50 bits per heavy atom. The summed E-state index contributed by atoms with van der Waals surface area (Å²) in [4.78, 5) is 0. The van der Waals surface area contributed by atoms with Crippen LogP contribution in [0.2, 0.25) is 0 Å². The summed E-state index contributed by atoms with van der Waals surface area (Å²) in [5, 5.41) is 0. The van der Waals surface area contributed by atoms with Crippen molar-refractivity contribution in [1.82, 2.24) is 0 Å². The molecule has 0 aromatic heterocycles. The molecule has 0 spiro atoms. The van der Waals surface area contributed by atoms with Gasteiger partial charge in [0.05, 0.1) is 23.7 Å². The Hall–Kier alpha value is 1.04. The monoisotopic (exact) mass is 311 g/mol. The maximum atomic E-state index is 5.39. The average molecular weight is 312 g/mol. The molecule has 0 aliphatic carbocycles. The van der Waals surface area contributed by atoms with Crippen LogP contribution in [0.15, 0.2) is 0 Å². The van der Waals surface area contributed by atoms with Gasteiger partial charge in [0.15, 0.2) is 0 Å². The molecule has 0 radical (unpaired) electrons. The molecule has 0 heterocycles. The van der Waals surface area contributed by atoms with Crippen LogP contribution in [0.4, 0.5) is 0 Å². The van der Waals surface area contributed by atoms with E-state index in [1.807, 2.05) is 0 Å². The molecular weight excluding hydrogens is 290 g/mol. The van der Waals surface area contributed by atoms with Gasteiger partial charge >= 0.3 is 89.9 Å². The quantitative estimate of drug-likeness (QED) is 0.551. The molecule has 0 N–H and O–H groups in total. The molecule has 6 heteroatoms. The van der Waals surface area contributed by atoms with Gasteiger partial charge in [0.2, 0.25) is 0 Å². The van der Waals surface area contributed by atoms with Crippen molar-refractivity contribution in [1.29, 1.82) is 0 Å². The van der Waals surface area contributed by atoms with Gasteiger partial charge in [-0.3, -0.25) is 0 Å². The summed E-state index contributed by atoms with van der Waals surface area (Å²) in [6.07, 6.45) is 7.44. The first-order chi connectivity index (χ1) is 7.83. The van der Waals surface area contributed by atoms with E-state index in [0.717, 1.165) is 13.2 Å². The zero-order valence-electron chi connectivity index (χ0n) is 10.1. The summed E-state index contributed by atoms with van der Waals surface area (Å²) >= 11 is 8.25.